The molecule has 0 radical (unpaired) electrons. The molecule has 0 spiro atoms. The van der Waals surface area contributed by atoms with Crippen LogP contribution in [0.15, 0.2) is 12.1 Å². The summed E-state index contributed by atoms with van der Waals surface area (Å²) in [6, 6.07) is 3.25. The Balaban J connectivity index is 3.01. The van der Waals surface area contributed by atoms with E-state index < -0.39 is 6.10 Å². The van der Waals surface area contributed by atoms with Crippen molar-refractivity contribution in [3.63, 3.8) is 0 Å². The van der Waals surface area contributed by atoms with Crippen molar-refractivity contribution in [3.05, 3.63) is 28.0 Å². The molecule has 13 heavy (non-hydrogen) atoms. The minimum Gasteiger partial charge on any atom is -0.388 e. The Morgan fingerprint density at radius 1 is 1.23 bits per heavy atom. The molecule has 1 unspecified atom stereocenters. The Morgan fingerprint density at radius 3 is 2.08 bits per heavy atom. The molecule has 72 valence electrons. The van der Waals surface area contributed by atoms with E-state index >= 15 is 0 Å². The summed E-state index contributed by atoms with van der Waals surface area (Å²) in [4.78, 5) is 3.80. The first kappa shape index (κ1) is 10.8. The number of rotatable bonds is 2. The summed E-state index contributed by atoms with van der Waals surface area (Å²) >= 11 is 11.4. The van der Waals surface area contributed by atoms with Gasteiger partial charge in [0.1, 0.15) is 10.3 Å². The smallest absolute Gasteiger partial charge is 0.131 e. The van der Waals surface area contributed by atoms with Gasteiger partial charge >= 0.3 is 0 Å². The molecule has 0 saturated carbocycles. The van der Waals surface area contributed by atoms with Crippen LogP contribution in [0.1, 0.15) is 25.5 Å². The van der Waals surface area contributed by atoms with Crippen molar-refractivity contribution in [2.45, 2.75) is 20.0 Å². The number of nitrogens with zero attached hydrogens (tertiary/aromatic N) is 1. The predicted octanol–water partition coefficient (Wildman–Crippen LogP) is 3.08. The highest BCUT2D eigenvalue weighted by Crippen LogP contribution is 2.25. The van der Waals surface area contributed by atoms with Crippen molar-refractivity contribution in [1.29, 1.82) is 0 Å². The lowest BCUT2D eigenvalue weighted by molar-refractivity contribution is 0.127. The summed E-state index contributed by atoms with van der Waals surface area (Å²) in [7, 11) is 0. The van der Waals surface area contributed by atoms with E-state index in [4.69, 9.17) is 23.2 Å². The highest BCUT2D eigenvalue weighted by Gasteiger charge is 2.13. The number of halogens is 2. The van der Waals surface area contributed by atoms with E-state index in [2.05, 4.69) is 4.98 Å². The van der Waals surface area contributed by atoms with Crippen LogP contribution < -0.4 is 0 Å². The summed E-state index contributed by atoms with van der Waals surface area (Å²) in [6.45, 7) is 3.85. The van der Waals surface area contributed by atoms with Gasteiger partial charge in [-0.3, -0.25) is 0 Å². The lowest BCUT2D eigenvalue weighted by Gasteiger charge is -2.14. The Bertz CT molecular complexity index is 281. The van der Waals surface area contributed by atoms with E-state index in [1.165, 1.54) is 0 Å². The summed E-state index contributed by atoms with van der Waals surface area (Å²) in [5, 5.41) is 10.3. The fraction of sp³-hybridized carbons (Fsp3) is 0.444. The van der Waals surface area contributed by atoms with Crippen molar-refractivity contribution >= 4 is 23.2 Å². The molecule has 2 nitrogen and oxygen atoms in total. The second-order valence-electron chi connectivity index (χ2n) is 3.23. The topological polar surface area (TPSA) is 33.1 Å². The SMILES string of the molecule is CC(C)C(O)c1cc(Cl)nc(Cl)c1. The molecule has 0 saturated heterocycles. The van der Waals surface area contributed by atoms with Crippen LogP contribution in [0, 0.1) is 5.92 Å². The Morgan fingerprint density at radius 2 is 1.69 bits per heavy atom. The monoisotopic (exact) mass is 219 g/mol. The van der Waals surface area contributed by atoms with Gasteiger partial charge in [-0.1, -0.05) is 37.0 Å². The molecule has 1 atom stereocenters. The van der Waals surface area contributed by atoms with Crippen LogP contribution >= 0.6 is 23.2 Å². The first-order valence-electron chi connectivity index (χ1n) is 4.01. The maximum atomic E-state index is 9.70. The molecule has 1 rings (SSSR count). The minimum absolute atomic E-state index is 0.134. The van der Waals surface area contributed by atoms with Crippen molar-refractivity contribution in [3.8, 4) is 0 Å². The predicted molar refractivity (Wildman–Crippen MR) is 54.1 cm³/mol. The van der Waals surface area contributed by atoms with E-state index in [1.807, 2.05) is 13.8 Å². The van der Waals surface area contributed by atoms with Gasteiger partial charge in [0, 0.05) is 0 Å². The average Bonchev–Trinajstić information content (AvgIpc) is 2.01. The number of hydrogen-bond donors (Lipinski definition) is 1. The van der Waals surface area contributed by atoms with Crippen LogP contribution in [0.4, 0.5) is 0 Å². The van der Waals surface area contributed by atoms with Crippen LogP contribution in [-0.2, 0) is 0 Å². The number of hydrogen-bond acceptors (Lipinski definition) is 2. The number of aliphatic hydroxyl groups excluding tert-OH is 1. The van der Waals surface area contributed by atoms with Crippen LogP contribution in [0.2, 0.25) is 10.3 Å². The molecule has 4 heteroatoms. The van der Waals surface area contributed by atoms with Crippen molar-refractivity contribution in [2.24, 2.45) is 5.92 Å². The van der Waals surface area contributed by atoms with Crippen molar-refractivity contribution in [2.75, 3.05) is 0 Å². The molecule has 1 aromatic heterocycles. The third kappa shape index (κ3) is 2.83. The summed E-state index contributed by atoms with van der Waals surface area (Å²) in [5.74, 6) is 0.134. The van der Waals surface area contributed by atoms with Gasteiger partial charge in [0.2, 0.25) is 0 Å². The molecule has 1 N–H and O–H groups in total. The Hall–Kier alpha value is -0.310. The van der Waals surface area contributed by atoms with E-state index in [9.17, 15) is 5.11 Å². The molecule has 0 aliphatic rings. The normalized spacial score (nSPS) is 13.4. The molecule has 0 fully saturated rings. The number of pyridine rings is 1. The summed E-state index contributed by atoms with van der Waals surface area (Å²) in [5.41, 5.74) is 0.708. The lowest BCUT2D eigenvalue weighted by atomic mass is 10.0. The van der Waals surface area contributed by atoms with Gasteiger partial charge in [0.15, 0.2) is 0 Å². The van der Waals surface area contributed by atoms with Gasteiger partial charge in [-0.05, 0) is 23.6 Å². The second-order valence-corrected chi connectivity index (χ2v) is 4.01. The fourth-order valence-corrected chi connectivity index (χ4v) is 1.52. The highest BCUT2D eigenvalue weighted by atomic mass is 35.5. The van der Waals surface area contributed by atoms with Gasteiger partial charge in [-0.25, -0.2) is 4.98 Å². The number of aliphatic hydroxyl groups is 1. The van der Waals surface area contributed by atoms with E-state index in [1.54, 1.807) is 12.1 Å². The quantitative estimate of drug-likeness (QED) is 0.777. The molecule has 0 aliphatic heterocycles. The third-order valence-electron chi connectivity index (χ3n) is 1.76. The fourth-order valence-electron chi connectivity index (χ4n) is 1.04. The van der Waals surface area contributed by atoms with E-state index in [0.717, 1.165) is 0 Å². The molecule has 0 amide bonds. The molecular formula is C9H11Cl2NO. The largest absolute Gasteiger partial charge is 0.388 e. The zero-order valence-electron chi connectivity index (χ0n) is 7.46. The Kier molecular flexibility index (Phi) is 3.54. The van der Waals surface area contributed by atoms with Crippen molar-refractivity contribution in [1.82, 2.24) is 4.98 Å². The third-order valence-corrected chi connectivity index (χ3v) is 2.15. The van der Waals surface area contributed by atoms with Crippen molar-refractivity contribution < 1.29 is 5.11 Å². The standard InChI is InChI=1S/C9H11Cl2NO/c1-5(2)9(13)6-3-7(10)12-8(11)4-6/h3-5,9,13H,1-2H3. The molecular weight excluding hydrogens is 209 g/mol. The summed E-state index contributed by atoms with van der Waals surface area (Å²) in [6.07, 6.45) is -0.544. The first-order chi connectivity index (χ1) is 6.00. The summed E-state index contributed by atoms with van der Waals surface area (Å²) < 4.78 is 0. The molecule has 0 bridgehead atoms. The van der Waals surface area contributed by atoms with Gasteiger partial charge in [-0.2, -0.15) is 0 Å². The van der Waals surface area contributed by atoms with Gasteiger partial charge in [-0.15, -0.1) is 0 Å². The van der Waals surface area contributed by atoms with E-state index in [0.29, 0.717) is 15.9 Å². The minimum atomic E-state index is -0.544. The maximum Gasteiger partial charge on any atom is 0.131 e. The average molecular weight is 220 g/mol. The van der Waals surface area contributed by atoms with Gasteiger partial charge in [0.25, 0.3) is 0 Å². The molecule has 1 heterocycles. The zero-order valence-corrected chi connectivity index (χ0v) is 8.97. The van der Waals surface area contributed by atoms with Crippen LogP contribution in [-0.4, -0.2) is 10.1 Å². The van der Waals surface area contributed by atoms with E-state index in [-0.39, 0.29) is 5.92 Å². The van der Waals surface area contributed by atoms with Crippen LogP contribution in [0.25, 0.3) is 0 Å². The first-order valence-corrected chi connectivity index (χ1v) is 4.77. The molecule has 0 aromatic carbocycles. The van der Waals surface area contributed by atoms with Gasteiger partial charge < -0.3 is 5.11 Å². The van der Waals surface area contributed by atoms with Gasteiger partial charge in [0.05, 0.1) is 6.10 Å². The van der Waals surface area contributed by atoms with Crippen LogP contribution in [0.5, 0.6) is 0 Å². The Labute approximate surface area is 87.5 Å². The number of aromatic nitrogens is 1. The van der Waals surface area contributed by atoms with Crippen LogP contribution in [0.3, 0.4) is 0 Å². The lowest BCUT2D eigenvalue weighted by Crippen LogP contribution is -2.05. The zero-order chi connectivity index (χ0) is 10.0. The second kappa shape index (κ2) is 4.27. The maximum absolute atomic E-state index is 9.70. The highest BCUT2D eigenvalue weighted by molar-refractivity contribution is 6.32. The molecule has 0 aliphatic carbocycles. The molecule has 1 aromatic rings.